The Kier molecular flexibility index (Phi) is 4.83. The third-order valence-electron chi connectivity index (χ3n) is 2.54. The summed E-state index contributed by atoms with van der Waals surface area (Å²) in [5, 5.41) is 2.77. The van der Waals surface area contributed by atoms with Gasteiger partial charge >= 0.3 is 0 Å². The van der Waals surface area contributed by atoms with Gasteiger partial charge in [0.15, 0.2) is 0 Å². The fourth-order valence-electron chi connectivity index (χ4n) is 1.73. The average Bonchev–Trinajstić information content (AvgIpc) is 2.80. The van der Waals surface area contributed by atoms with Crippen LogP contribution in [0.2, 0.25) is 0 Å². The van der Waals surface area contributed by atoms with E-state index in [1.807, 2.05) is 38.3 Å². The molecule has 5 heteroatoms. The average molecular weight is 248 g/mol. The second-order valence-electron chi connectivity index (χ2n) is 3.75. The van der Waals surface area contributed by atoms with Gasteiger partial charge in [-0.05, 0) is 13.8 Å². The Morgan fingerprint density at radius 3 is 2.67 bits per heavy atom. The monoisotopic (exact) mass is 248 g/mol. The number of nitrogens with zero attached hydrogens (tertiary/aromatic N) is 3. The van der Waals surface area contributed by atoms with Gasteiger partial charge in [-0.2, -0.15) is 0 Å². The molecule has 2 heterocycles. The standard InChI is InChI=1S/C11H14N4O.C2H6/c1-7-10(6-13-9(3)16)11-12-4-5-15(11)8(2)14-7;1-2/h4-5H,6H2,1-3H3,(H,13,16);1-2H3. The highest BCUT2D eigenvalue weighted by molar-refractivity contribution is 5.73. The number of carbonyl (C=O) groups is 1. The number of imidazole rings is 1. The molecule has 0 aliphatic carbocycles. The molecule has 98 valence electrons. The smallest absolute Gasteiger partial charge is 0.217 e. The van der Waals surface area contributed by atoms with Crippen LogP contribution < -0.4 is 5.32 Å². The van der Waals surface area contributed by atoms with Gasteiger partial charge in [0.2, 0.25) is 5.91 Å². The van der Waals surface area contributed by atoms with Crippen molar-refractivity contribution in [3.05, 3.63) is 29.5 Å². The van der Waals surface area contributed by atoms with E-state index in [-0.39, 0.29) is 5.91 Å². The van der Waals surface area contributed by atoms with Gasteiger partial charge in [0.1, 0.15) is 11.5 Å². The lowest BCUT2D eigenvalue weighted by atomic mass is 10.2. The molecule has 2 aromatic heterocycles. The number of hydrogen-bond acceptors (Lipinski definition) is 3. The third kappa shape index (κ3) is 2.85. The van der Waals surface area contributed by atoms with E-state index in [1.165, 1.54) is 6.92 Å². The minimum atomic E-state index is -0.0512. The minimum Gasteiger partial charge on any atom is -0.352 e. The zero-order chi connectivity index (χ0) is 13.7. The first kappa shape index (κ1) is 14.2. The maximum atomic E-state index is 10.9. The molecule has 2 aromatic rings. The van der Waals surface area contributed by atoms with Gasteiger partial charge in [-0.1, -0.05) is 13.8 Å². The number of aromatic nitrogens is 3. The van der Waals surface area contributed by atoms with Gasteiger partial charge < -0.3 is 5.32 Å². The first-order valence-corrected chi connectivity index (χ1v) is 6.13. The second kappa shape index (κ2) is 6.14. The highest BCUT2D eigenvalue weighted by Crippen LogP contribution is 2.13. The van der Waals surface area contributed by atoms with Crippen LogP contribution in [0, 0.1) is 13.8 Å². The van der Waals surface area contributed by atoms with Crippen LogP contribution in [-0.4, -0.2) is 20.3 Å². The predicted molar refractivity (Wildman–Crippen MR) is 71.3 cm³/mol. The number of aryl methyl sites for hydroxylation is 2. The molecule has 0 atom stereocenters. The van der Waals surface area contributed by atoms with Crippen molar-refractivity contribution < 1.29 is 4.79 Å². The van der Waals surface area contributed by atoms with Gasteiger partial charge in [0, 0.05) is 37.1 Å². The van der Waals surface area contributed by atoms with E-state index in [2.05, 4.69) is 15.3 Å². The minimum absolute atomic E-state index is 0.0512. The molecule has 0 spiro atoms. The van der Waals surface area contributed by atoms with Gasteiger partial charge in [0.25, 0.3) is 0 Å². The van der Waals surface area contributed by atoms with Crippen LogP contribution >= 0.6 is 0 Å². The van der Waals surface area contributed by atoms with Crippen molar-refractivity contribution in [1.29, 1.82) is 0 Å². The summed E-state index contributed by atoms with van der Waals surface area (Å²) < 4.78 is 1.92. The molecule has 0 aliphatic heterocycles. The summed E-state index contributed by atoms with van der Waals surface area (Å²) in [6.07, 6.45) is 3.61. The zero-order valence-corrected chi connectivity index (χ0v) is 11.6. The molecule has 1 N–H and O–H groups in total. The van der Waals surface area contributed by atoms with Crippen LogP contribution in [0.25, 0.3) is 5.65 Å². The molecule has 0 bridgehead atoms. The largest absolute Gasteiger partial charge is 0.352 e. The van der Waals surface area contributed by atoms with E-state index in [1.54, 1.807) is 6.20 Å². The maximum Gasteiger partial charge on any atom is 0.217 e. The molecular weight excluding hydrogens is 228 g/mol. The van der Waals surface area contributed by atoms with Gasteiger partial charge in [-0.25, -0.2) is 9.97 Å². The topological polar surface area (TPSA) is 59.3 Å². The lowest BCUT2D eigenvalue weighted by molar-refractivity contribution is -0.119. The van der Waals surface area contributed by atoms with Crippen LogP contribution in [0.1, 0.15) is 37.9 Å². The molecule has 0 radical (unpaired) electrons. The van der Waals surface area contributed by atoms with Gasteiger partial charge in [-0.3, -0.25) is 9.20 Å². The molecule has 0 aromatic carbocycles. The van der Waals surface area contributed by atoms with Crippen molar-refractivity contribution in [3.8, 4) is 0 Å². The van der Waals surface area contributed by atoms with Crippen molar-refractivity contribution in [2.24, 2.45) is 0 Å². The summed E-state index contributed by atoms with van der Waals surface area (Å²) in [6, 6.07) is 0. The van der Waals surface area contributed by atoms with E-state index in [0.29, 0.717) is 6.54 Å². The predicted octanol–water partition coefficient (Wildman–Crippen LogP) is 2.01. The second-order valence-corrected chi connectivity index (χ2v) is 3.75. The first-order valence-electron chi connectivity index (χ1n) is 6.13. The van der Waals surface area contributed by atoms with E-state index in [4.69, 9.17) is 0 Å². The Hall–Kier alpha value is -1.91. The first-order chi connectivity index (χ1) is 8.59. The van der Waals surface area contributed by atoms with E-state index in [0.717, 1.165) is 22.7 Å². The molecule has 0 aliphatic rings. The van der Waals surface area contributed by atoms with E-state index >= 15 is 0 Å². The van der Waals surface area contributed by atoms with Gasteiger partial charge in [0.05, 0.1) is 0 Å². The Bertz CT molecular complexity index is 545. The molecule has 1 amide bonds. The molecule has 0 saturated heterocycles. The zero-order valence-electron chi connectivity index (χ0n) is 11.6. The van der Waals surface area contributed by atoms with Crippen molar-refractivity contribution >= 4 is 11.6 Å². The van der Waals surface area contributed by atoms with Crippen molar-refractivity contribution in [1.82, 2.24) is 19.7 Å². The number of amides is 1. The third-order valence-corrected chi connectivity index (χ3v) is 2.54. The summed E-state index contributed by atoms with van der Waals surface area (Å²) in [6.45, 7) is 9.83. The van der Waals surface area contributed by atoms with E-state index in [9.17, 15) is 4.79 Å². The summed E-state index contributed by atoms with van der Waals surface area (Å²) in [4.78, 5) is 19.6. The van der Waals surface area contributed by atoms with Gasteiger partial charge in [-0.15, -0.1) is 0 Å². The molecule has 2 rings (SSSR count). The van der Waals surface area contributed by atoms with Crippen molar-refractivity contribution in [2.75, 3.05) is 0 Å². The van der Waals surface area contributed by atoms with E-state index < -0.39 is 0 Å². The Labute approximate surface area is 107 Å². The number of fused-ring (bicyclic) bond motifs is 1. The molecule has 5 nitrogen and oxygen atoms in total. The van der Waals surface area contributed by atoms with Crippen molar-refractivity contribution in [2.45, 2.75) is 41.2 Å². The summed E-state index contributed by atoms with van der Waals surface area (Å²) in [5.41, 5.74) is 2.73. The number of nitrogens with one attached hydrogen (secondary N) is 1. The van der Waals surface area contributed by atoms with Crippen molar-refractivity contribution in [3.63, 3.8) is 0 Å². The molecule has 0 unspecified atom stereocenters. The fraction of sp³-hybridized carbons (Fsp3) is 0.462. The molecule has 0 saturated carbocycles. The van der Waals surface area contributed by atoms with Crippen LogP contribution in [0.3, 0.4) is 0 Å². The molecular formula is C13H20N4O. The molecule has 18 heavy (non-hydrogen) atoms. The van der Waals surface area contributed by atoms with Crippen LogP contribution in [0.5, 0.6) is 0 Å². The number of rotatable bonds is 2. The van der Waals surface area contributed by atoms with Crippen LogP contribution in [-0.2, 0) is 11.3 Å². The lowest BCUT2D eigenvalue weighted by Crippen LogP contribution is -2.20. The Morgan fingerprint density at radius 2 is 2.06 bits per heavy atom. The summed E-state index contributed by atoms with van der Waals surface area (Å²) in [7, 11) is 0. The highest BCUT2D eigenvalue weighted by Gasteiger charge is 2.10. The summed E-state index contributed by atoms with van der Waals surface area (Å²) in [5.74, 6) is 0.848. The van der Waals surface area contributed by atoms with Crippen LogP contribution in [0.4, 0.5) is 0 Å². The lowest BCUT2D eigenvalue weighted by Gasteiger charge is -2.09. The number of carbonyl (C=O) groups excluding carboxylic acids is 1. The number of hydrogen-bond donors (Lipinski definition) is 1. The SMILES string of the molecule is CC.CC(=O)NCc1c(C)nc(C)n2ccnc12. The summed E-state index contributed by atoms with van der Waals surface area (Å²) >= 11 is 0. The fourth-order valence-corrected chi connectivity index (χ4v) is 1.73. The maximum absolute atomic E-state index is 10.9. The Morgan fingerprint density at radius 1 is 1.39 bits per heavy atom. The quantitative estimate of drug-likeness (QED) is 0.884. The Balaban J connectivity index is 0.000000771. The van der Waals surface area contributed by atoms with Crippen LogP contribution in [0.15, 0.2) is 12.4 Å². The highest BCUT2D eigenvalue weighted by atomic mass is 16.1. The normalized spacial score (nSPS) is 9.83. The molecule has 0 fully saturated rings.